The zero-order valence-electron chi connectivity index (χ0n) is 15.8. The minimum Gasteiger partial charge on any atom is -0.395 e. The van der Waals surface area contributed by atoms with Crippen LogP contribution < -0.4 is 21.3 Å². The third kappa shape index (κ3) is 3.35. The summed E-state index contributed by atoms with van der Waals surface area (Å²) < 4.78 is 0. The van der Waals surface area contributed by atoms with Crippen molar-refractivity contribution in [3.8, 4) is 0 Å². The van der Waals surface area contributed by atoms with Gasteiger partial charge in [0.25, 0.3) is 0 Å². The Morgan fingerprint density at radius 3 is 2.58 bits per heavy atom. The first-order valence-corrected chi connectivity index (χ1v) is 9.47. The number of rotatable bonds is 5. The number of aryl methyl sites for hydroxylation is 1. The Kier molecular flexibility index (Phi) is 5.36. The summed E-state index contributed by atoms with van der Waals surface area (Å²) in [7, 11) is 0. The summed E-state index contributed by atoms with van der Waals surface area (Å²) in [5.41, 5.74) is 15.1. The molecular formula is C19H30N6O. The third-order valence-corrected chi connectivity index (χ3v) is 5.39. The molecule has 0 atom stereocenters. The number of likely N-dealkylation sites (N-methyl/N-ethyl adjacent to an activating group) is 1. The van der Waals surface area contributed by atoms with Crippen molar-refractivity contribution in [2.75, 3.05) is 29.5 Å². The number of guanidine groups is 2. The van der Waals surface area contributed by atoms with Crippen molar-refractivity contribution in [3.05, 3.63) is 23.8 Å². The standard InChI is InChI=1S/C19H30N6O/c1-3-24(11-12-26)15-7-8-16(14(2)13-15)25-18(21)22-17(20)23-19(25)9-5-4-6-10-19/h7-8,13,26H,3-6,9-12H2,1-2H3,(H4,20,21,22,23). The lowest BCUT2D eigenvalue weighted by molar-refractivity contribution is 0.302. The van der Waals surface area contributed by atoms with E-state index in [-0.39, 0.29) is 12.6 Å². The van der Waals surface area contributed by atoms with Gasteiger partial charge < -0.3 is 21.5 Å². The van der Waals surface area contributed by atoms with Gasteiger partial charge >= 0.3 is 0 Å². The van der Waals surface area contributed by atoms with Crippen LogP contribution in [0.25, 0.3) is 0 Å². The maximum absolute atomic E-state index is 9.27. The van der Waals surface area contributed by atoms with E-state index in [9.17, 15) is 5.11 Å². The summed E-state index contributed by atoms with van der Waals surface area (Å²) in [4.78, 5) is 13.2. The fraction of sp³-hybridized carbons (Fsp3) is 0.579. The van der Waals surface area contributed by atoms with E-state index in [0.717, 1.165) is 49.2 Å². The molecule has 26 heavy (non-hydrogen) atoms. The van der Waals surface area contributed by atoms with Crippen molar-refractivity contribution in [1.29, 1.82) is 0 Å². The highest BCUT2D eigenvalue weighted by Crippen LogP contribution is 2.41. The van der Waals surface area contributed by atoms with E-state index < -0.39 is 5.66 Å². The van der Waals surface area contributed by atoms with Gasteiger partial charge in [-0.3, -0.25) is 4.90 Å². The largest absolute Gasteiger partial charge is 0.395 e. The first-order chi connectivity index (χ1) is 12.5. The van der Waals surface area contributed by atoms with Crippen LogP contribution in [0.4, 0.5) is 11.4 Å². The molecule has 1 aromatic rings. The maximum Gasteiger partial charge on any atom is 0.220 e. The minimum atomic E-state index is -0.421. The lowest BCUT2D eigenvalue weighted by atomic mass is 9.87. The molecule has 0 amide bonds. The van der Waals surface area contributed by atoms with Gasteiger partial charge in [-0.05, 0) is 63.3 Å². The summed E-state index contributed by atoms with van der Waals surface area (Å²) in [6, 6.07) is 6.30. The zero-order valence-corrected chi connectivity index (χ0v) is 15.8. The van der Waals surface area contributed by atoms with Gasteiger partial charge in [0.15, 0.2) is 0 Å². The molecule has 0 bridgehead atoms. The van der Waals surface area contributed by atoms with Crippen molar-refractivity contribution in [2.45, 2.75) is 51.6 Å². The number of hydrogen-bond acceptors (Lipinski definition) is 7. The SMILES string of the molecule is CCN(CCO)c1ccc(N2C(N)=NC(N)=NC23CCCCC3)c(C)c1. The number of aliphatic imine (C=N–C) groups is 2. The van der Waals surface area contributed by atoms with Crippen LogP contribution in [0, 0.1) is 6.92 Å². The zero-order chi connectivity index (χ0) is 18.7. The van der Waals surface area contributed by atoms with E-state index in [1.54, 1.807) is 0 Å². The van der Waals surface area contributed by atoms with Crippen molar-refractivity contribution < 1.29 is 5.11 Å². The van der Waals surface area contributed by atoms with Crippen molar-refractivity contribution >= 4 is 23.3 Å². The summed E-state index contributed by atoms with van der Waals surface area (Å²) >= 11 is 0. The molecule has 7 heteroatoms. The van der Waals surface area contributed by atoms with Gasteiger partial charge in [0.2, 0.25) is 11.9 Å². The van der Waals surface area contributed by atoms with Crippen LogP contribution in [0.1, 0.15) is 44.6 Å². The molecule has 1 spiro atoms. The predicted octanol–water partition coefficient (Wildman–Crippen LogP) is 1.92. The van der Waals surface area contributed by atoms with E-state index >= 15 is 0 Å². The number of benzene rings is 1. The van der Waals surface area contributed by atoms with Crippen LogP contribution in [0.5, 0.6) is 0 Å². The van der Waals surface area contributed by atoms with Crippen LogP contribution >= 0.6 is 0 Å². The maximum atomic E-state index is 9.27. The number of anilines is 2. The molecule has 2 aliphatic rings. The second kappa shape index (κ2) is 7.53. The van der Waals surface area contributed by atoms with E-state index in [4.69, 9.17) is 16.5 Å². The number of aliphatic hydroxyl groups is 1. The highest BCUT2D eigenvalue weighted by molar-refractivity contribution is 6.06. The smallest absolute Gasteiger partial charge is 0.220 e. The number of aliphatic hydroxyl groups excluding tert-OH is 1. The van der Waals surface area contributed by atoms with Gasteiger partial charge in [-0.1, -0.05) is 6.42 Å². The highest BCUT2D eigenvalue weighted by Gasteiger charge is 2.43. The van der Waals surface area contributed by atoms with Crippen molar-refractivity contribution in [1.82, 2.24) is 0 Å². The highest BCUT2D eigenvalue weighted by atomic mass is 16.3. The summed E-state index contributed by atoms with van der Waals surface area (Å²) in [6.45, 7) is 5.77. The molecule has 1 aliphatic heterocycles. The molecule has 0 aromatic heterocycles. The number of hydrogen-bond donors (Lipinski definition) is 3. The van der Waals surface area contributed by atoms with Gasteiger partial charge in [0.1, 0.15) is 5.66 Å². The summed E-state index contributed by atoms with van der Waals surface area (Å²) in [5.74, 6) is 0.688. The molecule has 1 fully saturated rings. The molecule has 0 saturated heterocycles. The Bertz CT molecular complexity index is 708. The minimum absolute atomic E-state index is 0.136. The molecule has 0 unspecified atom stereocenters. The molecule has 1 saturated carbocycles. The first-order valence-electron chi connectivity index (χ1n) is 9.47. The number of nitrogens with two attached hydrogens (primary N) is 2. The third-order valence-electron chi connectivity index (χ3n) is 5.39. The topological polar surface area (TPSA) is 103 Å². The molecular weight excluding hydrogens is 328 g/mol. The second-order valence-corrected chi connectivity index (χ2v) is 7.09. The van der Waals surface area contributed by atoms with Gasteiger partial charge in [-0.25, -0.2) is 4.99 Å². The fourth-order valence-corrected chi connectivity index (χ4v) is 4.15. The Hall–Kier alpha value is -2.28. The van der Waals surface area contributed by atoms with Crippen molar-refractivity contribution in [3.63, 3.8) is 0 Å². The Morgan fingerprint density at radius 1 is 1.23 bits per heavy atom. The first kappa shape index (κ1) is 18.5. The van der Waals surface area contributed by atoms with E-state index in [0.29, 0.717) is 12.5 Å². The van der Waals surface area contributed by atoms with Crippen LogP contribution in [-0.4, -0.2) is 42.4 Å². The fourth-order valence-electron chi connectivity index (χ4n) is 4.15. The van der Waals surface area contributed by atoms with Crippen LogP contribution in [-0.2, 0) is 0 Å². The van der Waals surface area contributed by atoms with Gasteiger partial charge in [0.05, 0.1) is 6.61 Å². The van der Waals surface area contributed by atoms with Gasteiger partial charge in [-0.2, -0.15) is 4.99 Å². The van der Waals surface area contributed by atoms with Crippen LogP contribution in [0.15, 0.2) is 28.2 Å². The van der Waals surface area contributed by atoms with Gasteiger partial charge in [0, 0.05) is 24.5 Å². The molecule has 1 aromatic carbocycles. The molecule has 0 radical (unpaired) electrons. The molecule has 142 valence electrons. The lowest BCUT2D eigenvalue weighted by Gasteiger charge is -2.46. The summed E-state index contributed by atoms with van der Waals surface area (Å²) in [6.07, 6.45) is 5.29. The predicted molar refractivity (Wildman–Crippen MR) is 108 cm³/mol. The second-order valence-electron chi connectivity index (χ2n) is 7.09. The Balaban J connectivity index is 1.99. The normalized spacial score (nSPS) is 19.3. The Labute approximate surface area is 155 Å². The average Bonchev–Trinajstić information content (AvgIpc) is 2.61. The van der Waals surface area contributed by atoms with Gasteiger partial charge in [-0.15, -0.1) is 0 Å². The Morgan fingerprint density at radius 2 is 1.96 bits per heavy atom. The monoisotopic (exact) mass is 358 g/mol. The van der Waals surface area contributed by atoms with Crippen LogP contribution in [0.2, 0.25) is 0 Å². The van der Waals surface area contributed by atoms with Crippen LogP contribution in [0.3, 0.4) is 0 Å². The molecule has 5 N–H and O–H groups in total. The van der Waals surface area contributed by atoms with E-state index in [1.807, 2.05) is 0 Å². The lowest BCUT2D eigenvalue weighted by Crippen LogP contribution is -2.58. The van der Waals surface area contributed by atoms with Crippen molar-refractivity contribution in [2.24, 2.45) is 21.5 Å². The average molecular weight is 358 g/mol. The quantitative estimate of drug-likeness (QED) is 0.746. The molecule has 1 heterocycles. The van der Waals surface area contributed by atoms with E-state index in [2.05, 4.69) is 46.8 Å². The van der Waals surface area contributed by atoms with E-state index in [1.165, 1.54) is 6.42 Å². The molecule has 1 aliphatic carbocycles. The summed E-state index contributed by atoms with van der Waals surface area (Å²) in [5, 5.41) is 9.27. The molecule has 7 nitrogen and oxygen atoms in total. The number of nitrogens with zero attached hydrogens (tertiary/aromatic N) is 4. The molecule has 3 rings (SSSR count).